The molecule has 0 unspecified atom stereocenters. The molecule has 2 rings (SSSR count). The van der Waals surface area contributed by atoms with Crippen LogP contribution in [0, 0.1) is 10.1 Å². The van der Waals surface area contributed by atoms with Crippen LogP contribution >= 0.6 is 0 Å². The number of nitrogens with zero attached hydrogens (tertiary/aromatic N) is 6. The minimum Gasteiger partial charge on any atom is -0.367 e. The number of imidazole rings is 1. The van der Waals surface area contributed by atoms with Crippen LogP contribution in [-0.2, 0) is 13.6 Å². The van der Waals surface area contributed by atoms with E-state index in [1.807, 2.05) is 17.8 Å². The van der Waals surface area contributed by atoms with Crippen molar-refractivity contribution in [2.45, 2.75) is 6.54 Å². The molecule has 9 heteroatoms. The third-order valence-corrected chi connectivity index (χ3v) is 2.88. The van der Waals surface area contributed by atoms with Crippen LogP contribution in [0.5, 0.6) is 0 Å². The minimum atomic E-state index is -0.490. The van der Waals surface area contributed by atoms with Crippen LogP contribution in [0.1, 0.15) is 5.82 Å². The second kappa shape index (κ2) is 5.51. The molecule has 9 nitrogen and oxygen atoms in total. The molecule has 0 amide bonds. The largest absolute Gasteiger partial charge is 0.367 e. The van der Waals surface area contributed by atoms with E-state index in [0.29, 0.717) is 6.54 Å². The van der Waals surface area contributed by atoms with Crippen LogP contribution in [0.4, 0.5) is 17.3 Å². The first-order valence-corrected chi connectivity index (χ1v) is 5.89. The molecule has 0 radical (unpaired) electrons. The topological polar surface area (TPSA) is 102 Å². The van der Waals surface area contributed by atoms with Gasteiger partial charge in [0.25, 0.3) is 0 Å². The summed E-state index contributed by atoms with van der Waals surface area (Å²) in [6.45, 7) is 0.407. The Morgan fingerprint density at radius 3 is 2.75 bits per heavy atom. The Labute approximate surface area is 115 Å². The van der Waals surface area contributed by atoms with Gasteiger partial charge in [-0.2, -0.15) is 0 Å². The van der Waals surface area contributed by atoms with Gasteiger partial charge in [-0.3, -0.25) is 10.1 Å². The van der Waals surface area contributed by atoms with E-state index in [1.54, 1.807) is 25.2 Å². The molecule has 0 saturated heterocycles. The molecule has 0 spiro atoms. The van der Waals surface area contributed by atoms with Crippen molar-refractivity contribution in [1.82, 2.24) is 19.5 Å². The van der Waals surface area contributed by atoms with Gasteiger partial charge in [-0.1, -0.05) is 0 Å². The van der Waals surface area contributed by atoms with E-state index in [1.165, 1.54) is 6.33 Å². The van der Waals surface area contributed by atoms with E-state index in [9.17, 15) is 10.1 Å². The zero-order valence-corrected chi connectivity index (χ0v) is 11.4. The van der Waals surface area contributed by atoms with Crippen molar-refractivity contribution >= 4 is 17.3 Å². The summed E-state index contributed by atoms with van der Waals surface area (Å²) in [5.74, 6) is 1.22. The number of rotatable bonds is 5. The molecule has 2 aromatic rings. The molecule has 0 aliphatic carbocycles. The van der Waals surface area contributed by atoms with Gasteiger partial charge >= 0.3 is 5.69 Å². The third kappa shape index (κ3) is 2.51. The first-order valence-electron chi connectivity index (χ1n) is 5.89. The van der Waals surface area contributed by atoms with Crippen molar-refractivity contribution < 1.29 is 4.92 Å². The summed E-state index contributed by atoms with van der Waals surface area (Å²) in [6, 6.07) is 0. The number of hydrogen-bond donors (Lipinski definition) is 1. The van der Waals surface area contributed by atoms with Gasteiger partial charge in [0.15, 0.2) is 0 Å². The fourth-order valence-electron chi connectivity index (χ4n) is 1.84. The SMILES string of the molecule is CNc1ncnc(N(C)Cc2nccn2C)c1[N+](=O)[O-]. The van der Waals surface area contributed by atoms with Gasteiger partial charge in [-0.15, -0.1) is 0 Å². The van der Waals surface area contributed by atoms with Crippen molar-refractivity contribution in [3.63, 3.8) is 0 Å². The zero-order chi connectivity index (χ0) is 14.7. The lowest BCUT2D eigenvalue weighted by Gasteiger charge is -2.18. The second-order valence-corrected chi connectivity index (χ2v) is 4.21. The molecule has 2 heterocycles. The Balaban J connectivity index is 2.37. The van der Waals surface area contributed by atoms with Crippen molar-refractivity contribution in [2.24, 2.45) is 7.05 Å². The molecule has 1 N–H and O–H groups in total. The number of aromatic nitrogens is 4. The van der Waals surface area contributed by atoms with Crippen LogP contribution in [0.15, 0.2) is 18.7 Å². The van der Waals surface area contributed by atoms with Gasteiger partial charge in [0.1, 0.15) is 12.2 Å². The quantitative estimate of drug-likeness (QED) is 0.636. The van der Waals surface area contributed by atoms with Gasteiger partial charge in [0, 0.05) is 33.5 Å². The summed E-state index contributed by atoms with van der Waals surface area (Å²) in [7, 11) is 5.17. The number of nitrogens with one attached hydrogen (secondary N) is 1. The van der Waals surface area contributed by atoms with Crippen molar-refractivity contribution in [3.8, 4) is 0 Å². The van der Waals surface area contributed by atoms with E-state index in [4.69, 9.17) is 0 Å². The summed E-state index contributed by atoms with van der Waals surface area (Å²) < 4.78 is 1.85. The molecular weight excluding hydrogens is 262 g/mol. The Morgan fingerprint density at radius 1 is 1.45 bits per heavy atom. The van der Waals surface area contributed by atoms with Crippen molar-refractivity contribution in [3.05, 3.63) is 34.7 Å². The van der Waals surface area contributed by atoms with Gasteiger partial charge in [-0.05, 0) is 0 Å². The fourth-order valence-corrected chi connectivity index (χ4v) is 1.84. The molecule has 106 valence electrons. The van der Waals surface area contributed by atoms with Crippen LogP contribution < -0.4 is 10.2 Å². The Morgan fingerprint density at radius 2 is 2.20 bits per heavy atom. The molecule has 2 aromatic heterocycles. The van der Waals surface area contributed by atoms with Crippen LogP contribution in [0.25, 0.3) is 0 Å². The smallest absolute Gasteiger partial charge is 0.353 e. The standard InChI is InChI=1S/C11H15N7O2/c1-12-10-9(18(19)20)11(15-7-14-10)17(3)6-8-13-4-5-16(8)2/h4-5,7H,6H2,1-3H3,(H,12,14,15). The lowest BCUT2D eigenvalue weighted by Crippen LogP contribution is -2.22. The minimum absolute atomic E-state index is 0.147. The van der Waals surface area contributed by atoms with E-state index < -0.39 is 4.92 Å². The summed E-state index contributed by atoms with van der Waals surface area (Å²) in [6.07, 6.45) is 4.79. The number of nitro groups is 1. The van der Waals surface area contributed by atoms with Gasteiger partial charge in [0.2, 0.25) is 11.6 Å². The highest BCUT2D eigenvalue weighted by atomic mass is 16.6. The molecule has 0 fully saturated rings. The highest BCUT2D eigenvalue weighted by Crippen LogP contribution is 2.31. The summed E-state index contributed by atoms with van der Waals surface area (Å²) in [5.41, 5.74) is -0.147. The van der Waals surface area contributed by atoms with E-state index >= 15 is 0 Å². The normalized spacial score (nSPS) is 10.3. The third-order valence-electron chi connectivity index (χ3n) is 2.88. The molecule has 0 saturated carbocycles. The predicted molar refractivity (Wildman–Crippen MR) is 73.5 cm³/mol. The monoisotopic (exact) mass is 277 g/mol. The summed E-state index contributed by atoms with van der Waals surface area (Å²) >= 11 is 0. The van der Waals surface area contributed by atoms with Crippen LogP contribution in [0.2, 0.25) is 0 Å². The number of anilines is 2. The average Bonchev–Trinajstić information content (AvgIpc) is 2.83. The maximum Gasteiger partial charge on any atom is 0.353 e. The molecular formula is C11H15N7O2. The van der Waals surface area contributed by atoms with Gasteiger partial charge in [-0.25, -0.2) is 15.0 Å². The van der Waals surface area contributed by atoms with Crippen LogP contribution in [-0.4, -0.2) is 38.5 Å². The highest BCUT2D eigenvalue weighted by molar-refractivity contribution is 5.69. The molecule has 0 aliphatic rings. The first-order chi connectivity index (χ1) is 9.54. The Kier molecular flexibility index (Phi) is 3.78. The molecule has 0 aliphatic heterocycles. The van der Waals surface area contributed by atoms with Gasteiger partial charge in [0.05, 0.1) is 11.5 Å². The maximum absolute atomic E-state index is 11.2. The van der Waals surface area contributed by atoms with E-state index in [0.717, 1.165) is 5.82 Å². The van der Waals surface area contributed by atoms with E-state index in [2.05, 4.69) is 20.3 Å². The lowest BCUT2D eigenvalue weighted by atomic mass is 10.4. The Bertz CT molecular complexity index is 625. The number of aryl methyl sites for hydroxylation is 1. The van der Waals surface area contributed by atoms with E-state index in [-0.39, 0.29) is 17.3 Å². The number of hydrogen-bond acceptors (Lipinski definition) is 7. The second-order valence-electron chi connectivity index (χ2n) is 4.21. The first kappa shape index (κ1) is 13.7. The average molecular weight is 277 g/mol. The van der Waals surface area contributed by atoms with Crippen molar-refractivity contribution in [1.29, 1.82) is 0 Å². The molecule has 0 aromatic carbocycles. The maximum atomic E-state index is 11.2. The van der Waals surface area contributed by atoms with Gasteiger partial charge < -0.3 is 14.8 Å². The Hall–Kier alpha value is -2.71. The zero-order valence-electron chi connectivity index (χ0n) is 11.4. The highest BCUT2D eigenvalue weighted by Gasteiger charge is 2.25. The molecule has 0 atom stereocenters. The summed E-state index contributed by atoms with van der Waals surface area (Å²) in [4.78, 5) is 24.5. The lowest BCUT2D eigenvalue weighted by molar-refractivity contribution is -0.383. The molecule has 20 heavy (non-hydrogen) atoms. The molecule has 0 bridgehead atoms. The van der Waals surface area contributed by atoms with Crippen molar-refractivity contribution in [2.75, 3.05) is 24.3 Å². The fraction of sp³-hybridized carbons (Fsp3) is 0.364. The van der Waals surface area contributed by atoms with Crippen LogP contribution in [0.3, 0.4) is 0 Å². The predicted octanol–water partition coefficient (Wildman–Crippen LogP) is 0.796. The summed E-state index contributed by atoms with van der Waals surface area (Å²) in [5, 5.41) is 13.9.